The van der Waals surface area contributed by atoms with Crippen LogP contribution in [-0.2, 0) is 6.42 Å². The Morgan fingerprint density at radius 2 is 1.96 bits per heavy atom. The van der Waals surface area contributed by atoms with Crippen LogP contribution >= 0.6 is 11.3 Å². The topological polar surface area (TPSA) is 12.5 Å². The fraction of sp³-hybridized carbons (Fsp3) is 0.300. The van der Waals surface area contributed by atoms with E-state index in [4.69, 9.17) is 4.74 Å². The predicted molar refractivity (Wildman–Crippen MR) is 97.6 cm³/mol. The third-order valence-corrected chi connectivity index (χ3v) is 5.65. The molecule has 3 aromatic rings. The van der Waals surface area contributed by atoms with Gasteiger partial charge in [-0.1, -0.05) is 36.4 Å². The summed E-state index contributed by atoms with van der Waals surface area (Å²) in [6, 6.07) is 17.1. The predicted octanol–water partition coefficient (Wildman–Crippen LogP) is 4.82. The van der Waals surface area contributed by atoms with Crippen LogP contribution in [0.5, 0.6) is 5.75 Å². The molecule has 1 aliphatic heterocycles. The highest BCUT2D eigenvalue weighted by Crippen LogP contribution is 2.35. The number of hydrogen-bond acceptors (Lipinski definition) is 3. The van der Waals surface area contributed by atoms with Crippen molar-refractivity contribution < 1.29 is 4.74 Å². The zero-order valence-electron chi connectivity index (χ0n) is 13.6. The van der Waals surface area contributed by atoms with Gasteiger partial charge in [0.05, 0.1) is 0 Å². The van der Waals surface area contributed by atoms with Gasteiger partial charge in [0, 0.05) is 33.8 Å². The molecule has 118 valence electrons. The molecule has 0 radical (unpaired) electrons. The molecule has 2 aromatic carbocycles. The van der Waals surface area contributed by atoms with Crippen molar-refractivity contribution in [1.29, 1.82) is 0 Å². The number of benzene rings is 2. The normalized spacial score (nSPS) is 18.6. The Balaban J connectivity index is 1.74. The number of nitrogens with zero attached hydrogens (tertiary/aromatic N) is 1. The molecule has 2 nitrogen and oxygen atoms in total. The Morgan fingerprint density at radius 3 is 2.87 bits per heavy atom. The number of ether oxygens (including phenoxy) is 1. The summed E-state index contributed by atoms with van der Waals surface area (Å²) in [6.45, 7) is 4.23. The first kappa shape index (κ1) is 14.7. The van der Waals surface area contributed by atoms with Crippen LogP contribution in [0.25, 0.3) is 10.8 Å². The summed E-state index contributed by atoms with van der Waals surface area (Å²) in [6.07, 6.45) is 1.23. The summed E-state index contributed by atoms with van der Waals surface area (Å²) in [7, 11) is 2.18. The summed E-state index contributed by atoms with van der Waals surface area (Å²) in [4.78, 5) is 5.24. The minimum absolute atomic E-state index is 0.105. The average molecular weight is 323 g/mol. The molecule has 0 saturated carbocycles. The molecule has 0 bridgehead atoms. The maximum Gasteiger partial charge on any atom is 0.137 e. The maximum atomic E-state index is 6.52. The first-order valence-electron chi connectivity index (χ1n) is 8.13. The van der Waals surface area contributed by atoms with E-state index in [-0.39, 0.29) is 6.10 Å². The molecule has 0 aliphatic carbocycles. The first-order chi connectivity index (χ1) is 11.2. The summed E-state index contributed by atoms with van der Waals surface area (Å²) >= 11 is 1.92. The number of hydrogen-bond donors (Lipinski definition) is 0. The van der Waals surface area contributed by atoms with Crippen molar-refractivity contribution in [2.75, 3.05) is 20.1 Å². The minimum atomic E-state index is 0.105. The second-order valence-corrected chi connectivity index (χ2v) is 7.67. The van der Waals surface area contributed by atoms with Gasteiger partial charge in [-0.15, -0.1) is 11.3 Å². The number of thiophene rings is 1. The molecule has 1 unspecified atom stereocenters. The van der Waals surface area contributed by atoms with Gasteiger partial charge in [0.15, 0.2) is 0 Å². The van der Waals surface area contributed by atoms with Crippen molar-refractivity contribution in [1.82, 2.24) is 4.90 Å². The first-order valence-corrected chi connectivity index (χ1v) is 8.94. The molecule has 2 heterocycles. The molecule has 0 N–H and O–H groups in total. The second kappa shape index (κ2) is 5.99. The van der Waals surface area contributed by atoms with Crippen molar-refractivity contribution in [3.8, 4) is 5.75 Å². The van der Waals surface area contributed by atoms with Gasteiger partial charge in [-0.3, -0.25) is 0 Å². The number of aryl methyl sites for hydroxylation is 1. The Hall–Kier alpha value is -1.84. The van der Waals surface area contributed by atoms with Crippen molar-refractivity contribution in [2.45, 2.75) is 19.4 Å². The quantitative estimate of drug-likeness (QED) is 0.670. The smallest absolute Gasteiger partial charge is 0.137 e. The molecule has 1 atom stereocenters. The van der Waals surface area contributed by atoms with Gasteiger partial charge < -0.3 is 9.64 Å². The highest BCUT2D eigenvalue weighted by molar-refractivity contribution is 7.12. The molecule has 1 aliphatic rings. The lowest BCUT2D eigenvalue weighted by Gasteiger charge is -2.23. The van der Waals surface area contributed by atoms with Crippen molar-refractivity contribution in [2.24, 2.45) is 0 Å². The molecule has 1 aromatic heterocycles. The van der Waals surface area contributed by atoms with Crippen LogP contribution < -0.4 is 4.74 Å². The monoisotopic (exact) mass is 323 g/mol. The van der Waals surface area contributed by atoms with Crippen LogP contribution in [0.1, 0.15) is 21.4 Å². The fourth-order valence-corrected chi connectivity index (χ4v) is 4.44. The molecular formula is C20H21NOS. The lowest BCUT2D eigenvalue weighted by atomic mass is 10.1. The molecule has 4 rings (SSSR count). The average Bonchev–Trinajstić information content (AvgIpc) is 2.87. The zero-order valence-corrected chi connectivity index (χ0v) is 14.4. The lowest BCUT2D eigenvalue weighted by molar-refractivity contribution is 0.158. The van der Waals surface area contributed by atoms with E-state index >= 15 is 0 Å². The SMILES string of the molecule is Cc1cc2c(s1)CCN(C)CC2Oc1cccc2ccccc12. The van der Waals surface area contributed by atoms with E-state index in [1.807, 2.05) is 11.3 Å². The van der Waals surface area contributed by atoms with Crippen molar-refractivity contribution in [3.05, 3.63) is 63.8 Å². The van der Waals surface area contributed by atoms with E-state index in [2.05, 4.69) is 67.4 Å². The van der Waals surface area contributed by atoms with Crippen LogP contribution in [0.3, 0.4) is 0 Å². The van der Waals surface area contributed by atoms with Gasteiger partial charge in [0.25, 0.3) is 0 Å². The van der Waals surface area contributed by atoms with E-state index in [1.54, 1.807) is 0 Å². The molecular weight excluding hydrogens is 302 g/mol. The van der Waals surface area contributed by atoms with Crippen molar-refractivity contribution in [3.63, 3.8) is 0 Å². The van der Waals surface area contributed by atoms with Gasteiger partial charge in [0.1, 0.15) is 11.9 Å². The summed E-state index contributed by atoms with van der Waals surface area (Å²) in [5.41, 5.74) is 1.38. The standard InChI is InChI=1S/C20H21NOS/c1-14-12-17-19(13-21(2)11-10-20(17)23-14)22-18-9-5-7-15-6-3-4-8-16(15)18/h3-9,12,19H,10-11,13H2,1-2H3. The molecule has 0 fully saturated rings. The van der Waals surface area contributed by atoms with E-state index in [0.717, 1.165) is 25.3 Å². The van der Waals surface area contributed by atoms with Gasteiger partial charge in [-0.25, -0.2) is 0 Å². The van der Waals surface area contributed by atoms with Crippen molar-refractivity contribution >= 4 is 22.1 Å². The van der Waals surface area contributed by atoms with Gasteiger partial charge in [-0.2, -0.15) is 0 Å². The molecule has 0 spiro atoms. The van der Waals surface area contributed by atoms with Crippen LogP contribution in [0.2, 0.25) is 0 Å². The third-order valence-electron chi connectivity index (χ3n) is 4.53. The van der Waals surface area contributed by atoms with E-state index in [9.17, 15) is 0 Å². The largest absolute Gasteiger partial charge is 0.484 e. The highest BCUT2D eigenvalue weighted by Gasteiger charge is 2.25. The Labute approximate surface area is 141 Å². The second-order valence-electron chi connectivity index (χ2n) is 6.33. The van der Waals surface area contributed by atoms with Gasteiger partial charge in [-0.05, 0) is 37.9 Å². The van der Waals surface area contributed by atoms with E-state index < -0.39 is 0 Å². The number of rotatable bonds is 2. The molecule has 0 amide bonds. The highest BCUT2D eigenvalue weighted by atomic mass is 32.1. The Morgan fingerprint density at radius 1 is 1.13 bits per heavy atom. The maximum absolute atomic E-state index is 6.52. The van der Waals surface area contributed by atoms with Crippen LogP contribution in [-0.4, -0.2) is 25.0 Å². The lowest BCUT2D eigenvalue weighted by Crippen LogP contribution is -2.26. The fourth-order valence-electron chi connectivity index (χ4n) is 3.37. The summed E-state index contributed by atoms with van der Waals surface area (Å²) in [5, 5.41) is 2.42. The van der Waals surface area contributed by atoms with Gasteiger partial charge >= 0.3 is 0 Å². The van der Waals surface area contributed by atoms with Crippen LogP contribution in [0.4, 0.5) is 0 Å². The zero-order chi connectivity index (χ0) is 15.8. The minimum Gasteiger partial charge on any atom is -0.484 e. The molecule has 0 saturated heterocycles. The summed E-state index contributed by atoms with van der Waals surface area (Å²) in [5.74, 6) is 0.984. The molecule has 23 heavy (non-hydrogen) atoms. The van der Waals surface area contributed by atoms with E-state index in [1.165, 1.54) is 26.1 Å². The van der Waals surface area contributed by atoms with Crippen LogP contribution in [0, 0.1) is 6.92 Å². The molecule has 3 heteroatoms. The Bertz CT molecular complexity index is 833. The summed E-state index contributed by atoms with van der Waals surface area (Å²) < 4.78 is 6.52. The van der Waals surface area contributed by atoms with Crippen LogP contribution in [0.15, 0.2) is 48.5 Å². The van der Waals surface area contributed by atoms with Gasteiger partial charge in [0.2, 0.25) is 0 Å². The van der Waals surface area contributed by atoms with E-state index in [0.29, 0.717) is 0 Å². The third kappa shape index (κ3) is 2.87. The number of fused-ring (bicyclic) bond motifs is 2. The number of likely N-dealkylation sites (N-methyl/N-ethyl adjacent to an activating group) is 1. The Kier molecular flexibility index (Phi) is 3.83.